The van der Waals surface area contributed by atoms with Crippen molar-refractivity contribution in [1.29, 1.82) is 0 Å². The van der Waals surface area contributed by atoms with Gasteiger partial charge in [-0.1, -0.05) is 69.2 Å². The maximum Gasteiger partial charge on any atom is 0.352 e. The Morgan fingerprint density at radius 1 is 1.04 bits per heavy atom. The van der Waals surface area contributed by atoms with Crippen LogP contribution in [-0.2, 0) is 5.41 Å². The number of rotatable bonds is 1. The number of terminal acetylenes is 1. The fourth-order valence-electron chi connectivity index (χ4n) is 2.70. The number of hydrogen-bond acceptors (Lipinski definition) is 2. The number of fused-ring (bicyclic) bond motifs is 1. The van der Waals surface area contributed by atoms with Crippen molar-refractivity contribution < 1.29 is 4.42 Å². The summed E-state index contributed by atoms with van der Waals surface area (Å²) < 4.78 is 5.48. The maximum absolute atomic E-state index is 12.3. The molecule has 3 rings (SSSR count). The Kier molecular flexibility index (Phi) is 3.58. The maximum atomic E-state index is 12.3. The van der Waals surface area contributed by atoms with Gasteiger partial charge in [-0.3, -0.25) is 0 Å². The summed E-state index contributed by atoms with van der Waals surface area (Å²) in [5.41, 5.74) is 3.14. The van der Waals surface area contributed by atoms with Gasteiger partial charge in [0.25, 0.3) is 0 Å². The highest BCUT2D eigenvalue weighted by atomic mass is 16.4. The lowest BCUT2D eigenvalue weighted by molar-refractivity contribution is 0.552. The lowest BCUT2D eigenvalue weighted by Gasteiger charge is -2.19. The van der Waals surface area contributed by atoms with Gasteiger partial charge in [0, 0.05) is 10.9 Å². The zero-order chi connectivity index (χ0) is 16.6. The number of hydrogen-bond donors (Lipinski definition) is 0. The molecule has 3 aromatic rings. The van der Waals surface area contributed by atoms with E-state index in [4.69, 9.17) is 10.8 Å². The van der Waals surface area contributed by atoms with Gasteiger partial charge in [-0.15, -0.1) is 6.42 Å². The van der Waals surface area contributed by atoms with E-state index in [1.165, 1.54) is 0 Å². The Morgan fingerprint density at radius 3 is 2.35 bits per heavy atom. The number of benzene rings is 2. The summed E-state index contributed by atoms with van der Waals surface area (Å²) in [6.07, 6.45) is 5.57. The van der Waals surface area contributed by atoms with E-state index in [1.54, 1.807) is 0 Å². The Balaban J connectivity index is 2.42. The van der Waals surface area contributed by atoms with Crippen molar-refractivity contribution in [3.63, 3.8) is 0 Å². The van der Waals surface area contributed by atoms with Gasteiger partial charge < -0.3 is 4.42 Å². The zero-order valence-corrected chi connectivity index (χ0v) is 13.5. The molecule has 0 saturated heterocycles. The van der Waals surface area contributed by atoms with Crippen LogP contribution in [0.2, 0.25) is 0 Å². The molecule has 0 N–H and O–H groups in total. The molecule has 23 heavy (non-hydrogen) atoms. The van der Waals surface area contributed by atoms with Crippen LogP contribution in [0, 0.1) is 12.3 Å². The minimum Gasteiger partial charge on any atom is -0.422 e. The van der Waals surface area contributed by atoms with Crippen molar-refractivity contribution in [1.82, 2.24) is 0 Å². The van der Waals surface area contributed by atoms with Crippen molar-refractivity contribution in [3.8, 4) is 23.5 Å². The predicted octanol–water partition coefficient (Wildman–Crippen LogP) is 4.74. The molecule has 0 aliphatic rings. The summed E-state index contributed by atoms with van der Waals surface area (Å²) >= 11 is 0. The minimum atomic E-state index is -0.468. The van der Waals surface area contributed by atoms with E-state index in [-0.39, 0.29) is 11.0 Å². The van der Waals surface area contributed by atoms with Crippen LogP contribution < -0.4 is 5.63 Å². The summed E-state index contributed by atoms with van der Waals surface area (Å²) in [7, 11) is 0. The predicted molar refractivity (Wildman–Crippen MR) is 94.6 cm³/mol. The molecule has 0 amide bonds. The van der Waals surface area contributed by atoms with E-state index < -0.39 is 5.63 Å². The van der Waals surface area contributed by atoms with E-state index in [1.807, 2.05) is 42.5 Å². The molecular formula is C21H18O2. The first-order valence-electron chi connectivity index (χ1n) is 7.55. The average Bonchev–Trinajstić information content (AvgIpc) is 2.53. The molecule has 0 saturated carbocycles. The van der Waals surface area contributed by atoms with Crippen LogP contribution in [0.4, 0.5) is 0 Å². The molecule has 114 valence electrons. The molecule has 1 heterocycles. The van der Waals surface area contributed by atoms with Crippen molar-refractivity contribution in [2.75, 3.05) is 0 Å². The molecule has 0 unspecified atom stereocenters. The summed E-state index contributed by atoms with van der Waals surface area (Å²) in [4.78, 5) is 12.3. The molecule has 0 bridgehead atoms. The van der Waals surface area contributed by atoms with Crippen LogP contribution in [-0.4, -0.2) is 0 Å². The Hall–Kier alpha value is -2.79. The van der Waals surface area contributed by atoms with Crippen molar-refractivity contribution in [3.05, 3.63) is 70.1 Å². The van der Waals surface area contributed by atoms with Gasteiger partial charge >= 0.3 is 5.63 Å². The van der Waals surface area contributed by atoms with E-state index >= 15 is 0 Å². The van der Waals surface area contributed by atoms with Crippen LogP contribution in [0.1, 0.15) is 31.9 Å². The molecule has 0 atom stereocenters. The van der Waals surface area contributed by atoms with Gasteiger partial charge in [-0.2, -0.15) is 0 Å². The minimum absolute atomic E-state index is 0.0234. The second kappa shape index (κ2) is 5.44. The normalized spacial score (nSPS) is 11.4. The summed E-state index contributed by atoms with van der Waals surface area (Å²) in [5.74, 6) is 2.49. The van der Waals surface area contributed by atoms with Crippen molar-refractivity contribution in [2.45, 2.75) is 26.2 Å². The molecule has 2 aromatic carbocycles. The van der Waals surface area contributed by atoms with Gasteiger partial charge in [-0.25, -0.2) is 4.79 Å². The molecule has 0 fully saturated rings. The van der Waals surface area contributed by atoms with Crippen LogP contribution in [0.3, 0.4) is 0 Å². The third-order valence-electron chi connectivity index (χ3n) is 3.98. The second-order valence-corrected chi connectivity index (χ2v) is 6.61. The van der Waals surface area contributed by atoms with E-state index in [0.717, 1.165) is 22.1 Å². The van der Waals surface area contributed by atoms with Gasteiger partial charge in [0.1, 0.15) is 11.1 Å². The van der Waals surface area contributed by atoms with Gasteiger partial charge in [0.2, 0.25) is 0 Å². The summed E-state index contributed by atoms with van der Waals surface area (Å²) in [5, 5.41) is 0.858. The highest BCUT2D eigenvalue weighted by molar-refractivity contribution is 5.96. The largest absolute Gasteiger partial charge is 0.422 e. The summed E-state index contributed by atoms with van der Waals surface area (Å²) in [6.45, 7) is 6.38. The van der Waals surface area contributed by atoms with E-state index in [0.29, 0.717) is 5.58 Å². The van der Waals surface area contributed by atoms with Gasteiger partial charge in [0.05, 0.1) is 0 Å². The molecule has 0 aliphatic carbocycles. The van der Waals surface area contributed by atoms with Crippen molar-refractivity contribution >= 4 is 11.0 Å². The molecule has 0 radical (unpaired) electrons. The molecule has 0 aliphatic heterocycles. The smallest absolute Gasteiger partial charge is 0.352 e. The highest BCUT2D eigenvalue weighted by Crippen LogP contribution is 2.33. The SMILES string of the molecule is C#Cc1c(-c2ccccc2)c2ccc(C(C)(C)C)cc2oc1=O. The molecule has 1 aromatic heterocycles. The fourth-order valence-corrected chi connectivity index (χ4v) is 2.70. The first-order valence-corrected chi connectivity index (χ1v) is 7.55. The van der Waals surface area contributed by atoms with Crippen LogP contribution in [0.5, 0.6) is 0 Å². The molecular weight excluding hydrogens is 284 g/mol. The Labute approximate surface area is 135 Å². The first kappa shape index (κ1) is 15.1. The fraction of sp³-hybridized carbons (Fsp3) is 0.190. The van der Waals surface area contributed by atoms with E-state index in [9.17, 15) is 4.79 Å². The lowest BCUT2D eigenvalue weighted by Crippen LogP contribution is -2.12. The standard InChI is InChI=1S/C21H18O2/c1-5-16-19(14-9-7-6-8-10-14)17-12-11-15(21(2,3)4)13-18(17)23-20(16)22/h1,6-13H,2-4H3. The Morgan fingerprint density at radius 2 is 1.74 bits per heavy atom. The molecule has 2 nitrogen and oxygen atoms in total. The summed E-state index contributed by atoms with van der Waals surface area (Å²) in [6, 6.07) is 15.7. The van der Waals surface area contributed by atoms with Crippen LogP contribution in [0.15, 0.2) is 57.7 Å². The van der Waals surface area contributed by atoms with Crippen LogP contribution >= 0.6 is 0 Å². The average molecular weight is 302 g/mol. The van der Waals surface area contributed by atoms with Crippen molar-refractivity contribution in [2.24, 2.45) is 0 Å². The first-order chi connectivity index (χ1) is 10.9. The zero-order valence-electron chi connectivity index (χ0n) is 13.5. The topological polar surface area (TPSA) is 30.2 Å². The van der Waals surface area contributed by atoms with Crippen LogP contribution in [0.25, 0.3) is 22.1 Å². The van der Waals surface area contributed by atoms with Gasteiger partial charge in [-0.05, 0) is 22.6 Å². The molecule has 2 heteroatoms. The highest BCUT2D eigenvalue weighted by Gasteiger charge is 2.18. The third kappa shape index (κ3) is 2.66. The quantitative estimate of drug-likeness (QED) is 0.480. The van der Waals surface area contributed by atoms with E-state index in [2.05, 4.69) is 32.8 Å². The third-order valence-corrected chi connectivity index (χ3v) is 3.98. The monoisotopic (exact) mass is 302 g/mol. The lowest BCUT2D eigenvalue weighted by atomic mass is 9.86. The Bertz CT molecular complexity index is 965. The molecule has 0 spiro atoms. The van der Waals surface area contributed by atoms with Gasteiger partial charge in [0.15, 0.2) is 0 Å². The second-order valence-electron chi connectivity index (χ2n) is 6.61.